The number of carbonyl (C=O) groups excluding carboxylic acids is 1. The number of carbonyl (C=O) groups is 1. The Balaban J connectivity index is 3.18. The van der Waals surface area contributed by atoms with Gasteiger partial charge in [-0.1, -0.05) is 0 Å². The third kappa shape index (κ3) is 2.80. The lowest BCUT2D eigenvalue weighted by Gasteiger charge is -2.11. The van der Waals surface area contributed by atoms with Gasteiger partial charge in [0, 0.05) is 0 Å². The molecular weight excluding hydrogens is 236 g/mol. The SMILES string of the molecule is COC(=O)Cc1ncc(OC)c(C(F)F)c1O. The van der Waals surface area contributed by atoms with E-state index in [9.17, 15) is 18.7 Å². The molecular formula is C10H11F2NO4. The predicted octanol–water partition coefficient (Wildman–Crippen LogP) is 1.45. The number of halogens is 2. The number of ether oxygens (including phenoxy) is 2. The van der Waals surface area contributed by atoms with Crippen LogP contribution in [0.3, 0.4) is 0 Å². The van der Waals surface area contributed by atoms with Gasteiger partial charge in [-0.15, -0.1) is 0 Å². The molecule has 17 heavy (non-hydrogen) atoms. The maximum absolute atomic E-state index is 12.7. The zero-order chi connectivity index (χ0) is 13.0. The van der Waals surface area contributed by atoms with Gasteiger partial charge in [0.1, 0.15) is 17.1 Å². The Morgan fingerprint density at radius 2 is 2.18 bits per heavy atom. The van der Waals surface area contributed by atoms with Crippen molar-refractivity contribution in [2.45, 2.75) is 12.8 Å². The molecule has 1 aromatic rings. The summed E-state index contributed by atoms with van der Waals surface area (Å²) >= 11 is 0. The molecule has 0 saturated carbocycles. The summed E-state index contributed by atoms with van der Waals surface area (Å²) in [5, 5.41) is 9.59. The van der Waals surface area contributed by atoms with Crippen LogP contribution in [0.15, 0.2) is 6.20 Å². The maximum Gasteiger partial charge on any atom is 0.311 e. The van der Waals surface area contributed by atoms with Crippen LogP contribution in [-0.2, 0) is 16.0 Å². The van der Waals surface area contributed by atoms with Crippen LogP contribution >= 0.6 is 0 Å². The number of hydrogen-bond donors (Lipinski definition) is 1. The van der Waals surface area contributed by atoms with E-state index in [4.69, 9.17) is 0 Å². The highest BCUT2D eigenvalue weighted by atomic mass is 19.3. The molecule has 0 spiro atoms. The minimum absolute atomic E-state index is 0.173. The van der Waals surface area contributed by atoms with E-state index in [0.717, 1.165) is 13.3 Å². The maximum atomic E-state index is 12.7. The third-order valence-electron chi connectivity index (χ3n) is 2.11. The van der Waals surface area contributed by atoms with E-state index in [1.165, 1.54) is 7.11 Å². The molecule has 1 rings (SSSR count). The minimum Gasteiger partial charge on any atom is -0.505 e. The molecule has 5 nitrogen and oxygen atoms in total. The van der Waals surface area contributed by atoms with Crippen molar-refractivity contribution in [2.75, 3.05) is 14.2 Å². The van der Waals surface area contributed by atoms with Crippen molar-refractivity contribution in [3.8, 4) is 11.5 Å². The van der Waals surface area contributed by atoms with Gasteiger partial charge in [-0.05, 0) is 0 Å². The first-order valence-electron chi connectivity index (χ1n) is 4.61. The Hall–Kier alpha value is -1.92. The highest BCUT2D eigenvalue weighted by Crippen LogP contribution is 2.37. The number of aromatic hydroxyl groups is 1. The van der Waals surface area contributed by atoms with Gasteiger partial charge in [0.05, 0.1) is 32.5 Å². The van der Waals surface area contributed by atoms with E-state index in [1.54, 1.807) is 0 Å². The minimum atomic E-state index is -2.93. The van der Waals surface area contributed by atoms with Gasteiger partial charge >= 0.3 is 5.97 Å². The van der Waals surface area contributed by atoms with Crippen molar-refractivity contribution >= 4 is 5.97 Å². The molecule has 0 aliphatic rings. The van der Waals surface area contributed by atoms with Crippen molar-refractivity contribution in [2.24, 2.45) is 0 Å². The zero-order valence-corrected chi connectivity index (χ0v) is 9.24. The molecule has 0 unspecified atom stereocenters. The van der Waals surface area contributed by atoms with Crippen LogP contribution in [0.25, 0.3) is 0 Å². The van der Waals surface area contributed by atoms with Crippen LogP contribution in [0, 0.1) is 0 Å². The summed E-state index contributed by atoms with van der Waals surface area (Å²) in [5.41, 5.74) is -0.852. The molecule has 0 atom stereocenters. The summed E-state index contributed by atoms with van der Waals surface area (Å²) in [6, 6.07) is 0. The summed E-state index contributed by atoms with van der Waals surface area (Å²) in [5.74, 6) is -1.66. The number of nitrogens with zero attached hydrogens (tertiary/aromatic N) is 1. The van der Waals surface area contributed by atoms with Gasteiger partial charge < -0.3 is 14.6 Å². The van der Waals surface area contributed by atoms with E-state index in [2.05, 4.69) is 14.5 Å². The number of aromatic nitrogens is 1. The molecule has 1 heterocycles. The van der Waals surface area contributed by atoms with Crippen molar-refractivity contribution in [3.63, 3.8) is 0 Å². The van der Waals surface area contributed by atoms with E-state index < -0.39 is 23.7 Å². The van der Waals surface area contributed by atoms with Crippen LogP contribution < -0.4 is 4.74 Å². The molecule has 0 aliphatic heterocycles. The van der Waals surface area contributed by atoms with E-state index in [1.807, 2.05) is 0 Å². The molecule has 94 valence electrons. The fourth-order valence-electron chi connectivity index (χ4n) is 1.25. The first-order chi connectivity index (χ1) is 8.01. The number of esters is 1. The van der Waals surface area contributed by atoms with Gasteiger partial charge in [-0.2, -0.15) is 0 Å². The molecule has 7 heteroatoms. The Morgan fingerprint density at radius 1 is 1.53 bits per heavy atom. The average molecular weight is 247 g/mol. The van der Waals surface area contributed by atoms with Gasteiger partial charge in [-0.3, -0.25) is 9.78 Å². The highest BCUT2D eigenvalue weighted by molar-refractivity contribution is 5.73. The zero-order valence-electron chi connectivity index (χ0n) is 9.24. The molecule has 1 aromatic heterocycles. The standard InChI is InChI=1S/C10H11F2NO4/c1-16-6-4-13-5(3-7(14)17-2)9(15)8(6)10(11)12/h4,10,15H,3H2,1-2H3. The van der Waals surface area contributed by atoms with Crippen LogP contribution in [0.1, 0.15) is 17.7 Å². The lowest BCUT2D eigenvalue weighted by Crippen LogP contribution is -2.08. The number of rotatable bonds is 4. The molecule has 0 aromatic carbocycles. The van der Waals surface area contributed by atoms with Crippen molar-refractivity contribution in [1.82, 2.24) is 4.98 Å². The van der Waals surface area contributed by atoms with Gasteiger partial charge in [-0.25, -0.2) is 8.78 Å². The number of methoxy groups -OCH3 is 2. The average Bonchev–Trinajstić information content (AvgIpc) is 2.30. The molecule has 0 aliphatic carbocycles. The third-order valence-corrected chi connectivity index (χ3v) is 2.11. The van der Waals surface area contributed by atoms with E-state index >= 15 is 0 Å². The molecule has 0 fully saturated rings. The van der Waals surface area contributed by atoms with E-state index in [-0.39, 0.29) is 17.9 Å². The Labute approximate surface area is 96.0 Å². The summed E-state index contributed by atoms with van der Waals surface area (Å²) in [4.78, 5) is 14.6. The first kappa shape index (κ1) is 13.1. The molecule has 0 amide bonds. The van der Waals surface area contributed by atoms with Gasteiger partial charge in [0.25, 0.3) is 6.43 Å². The summed E-state index contributed by atoms with van der Waals surface area (Å²) in [6.45, 7) is 0. The Bertz CT molecular complexity index is 423. The topological polar surface area (TPSA) is 68.7 Å². The molecule has 0 bridgehead atoms. The highest BCUT2D eigenvalue weighted by Gasteiger charge is 2.23. The van der Waals surface area contributed by atoms with E-state index in [0.29, 0.717) is 0 Å². The number of alkyl halides is 2. The van der Waals surface area contributed by atoms with Crippen LogP contribution in [-0.4, -0.2) is 30.3 Å². The van der Waals surface area contributed by atoms with Crippen LogP contribution in [0.2, 0.25) is 0 Å². The predicted molar refractivity (Wildman–Crippen MR) is 53.1 cm³/mol. The second kappa shape index (κ2) is 5.42. The molecule has 0 radical (unpaired) electrons. The summed E-state index contributed by atoms with van der Waals surface area (Å²) < 4.78 is 34.4. The van der Waals surface area contributed by atoms with Crippen molar-refractivity contribution < 1.29 is 28.2 Å². The molecule has 0 saturated heterocycles. The molecule has 1 N–H and O–H groups in total. The van der Waals surface area contributed by atoms with Crippen LogP contribution in [0.5, 0.6) is 11.5 Å². The second-order valence-corrected chi connectivity index (χ2v) is 3.09. The number of pyridine rings is 1. The first-order valence-corrected chi connectivity index (χ1v) is 4.61. The summed E-state index contributed by atoms with van der Waals surface area (Å²) in [6.07, 6.45) is -2.28. The quantitative estimate of drug-likeness (QED) is 0.815. The monoisotopic (exact) mass is 247 g/mol. The Kier molecular flexibility index (Phi) is 4.19. The van der Waals surface area contributed by atoms with Gasteiger partial charge in [0.2, 0.25) is 0 Å². The lowest BCUT2D eigenvalue weighted by molar-refractivity contribution is -0.139. The van der Waals surface area contributed by atoms with Crippen molar-refractivity contribution in [1.29, 1.82) is 0 Å². The fourth-order valence-corrected chi connectivity index (χ4v) is 1.25. The second-order valence-electron chi connectivity index (χ2n) is 3.09. The van der Waals surface area contributed by atoms with Gasteiger partial charge in [0.15, 0.2) is 0 Å². The largest absolute Gasteiger partial charge is 0.505 e. The number of hydrogen-bond acceptors (Lipinski definition) is 5. The lowest BCUT2D eigenvalue weighted by atomic mass is 10.1. The smallest absolute Gasteiger partial charge is 0.311 e. The normalized spacial score (nSPS) is 10.4. The van der Waals surface area contributed by atoms with Crippen molar-refractivity contribution in [3.05, 3.63) is 17.5 Å². The Morgan fingerprint density at radius 3 is 2.65 bits per heavy atom. The summed E-state index contributed by atoms with van der Waals surface area (Å²) in [7, 11) is 2.33. The fraction of sp³-hybridized carbons (Fsp3) is 0.400. The van der Waals surface area contributed by atoms with Crippen LogP contribution in [0.4, 0.5) is 8.78 Å².